The number of nitrogens with zero attached hydrogens (tertiary/aromatic N) is 2. The van der Waals surface area contributed by atoms with Gasteiger partial charge in [0.1, 0.15) is 11.4 Å². The molecule has 2 saturated heterocycles. The maximum Gasteiger partial charge on any atom is 0.259 e. The summed E-state index contributed by atoms with van der Waals surface area (Å²) in [5.74, 6) is -0.660. The highest BCUT2D eigenvalue weighted by Crippen LogP contribution is 2.32. The summed E-state index contributed by atoms with van der Waals surface area (Å²) in [6, 6.07) is 5.78. The Kier molecular flexibility index (Phi) is 3.82. The van der Waals surface area contributed by atoms with E-state index in [2.05, 4.69) is 5.16 Å². The Balaban J connectivity index is 1.51. The van der Waals surface area contributed by atoms with Gasteiger partial charge < -0.3 is 18.9 Å². The second kappa shape index (κ2) is 5.99. The van der Waals surface area contributed by atoms with E-state index in [4.69, 9.17) is 14.0 Å². The normalized spacial score (nSPS) is 19.8. The first kappa shape index (κ1) is 15.3. The summed E-state index contributed by atoms with van der Waals surface area (Å²) in [5, 5.41) is 3.74. The third kappa shape index (κ3) is 2.70. The highest BCUT2D eigenvalue weighted by atomic mass is 19.1. The molecule has 0 aliphatic carbocycles. The van der Waals surface area contributed by atoms with Crippen molar-refractivity contribution < 1.29 is 23.2 Å². The molecular weight excluding hydrogens is 315 g/mol. The van der Waals surface area contributed by atoms with Gasteiger partial charge in [0.15, 0.2) is 11.5 Å². The van der Waals surface area contributed by atoms with E-state index in [1.807, 2.05) is 0 Å². The topological polar surface area (TPSA) is 64.8 Å². The van der Waals surface area contributed by atoms with Crippen LogP contribution in [0.15, 0.2) is 35.0 Å². The fourth-order valence-corrected chi connectivity index (χ4v) is 3.21. The van der Waals surface area contributed by atoms with E-state index >= 15 is 0 Å². The van der Waals surface area contributed by atoms with Gasteiger partial charge in [0, 0.05) is 31.5 Å². The minimum Gasteiger partial charge on any atom is -0.355 e. The highest BCUT2D eigenvalue weighted by molar-refractivity contribution is 5.99. The fraction of sp³-hybridized carbons (Fsp3) is 0.412. The van der Waals surface area contributed by atoms with E-state index in [0.717, 1.165) is 0 Å². The van der Waals surface area contributed by atoms with Gasteiger partial charge in [-0.1, -0.05) is 5.16 Å². The maximum atomic E-state index is 13.1. The molecule has 0 unspecified atom stereocenters. The Morgan fingerprint density at radius 2 is 1.79 bits per heavy atom. The van der Waals surface area contributed by atoms with Crippen LogP contribution in [0.5, 0.6) is 0 Å². The minimum absolute atomic E-state index is 0.150. The van der Waals surface area contributed by atoms with Gasteiger partial charge in [-0.05, 0) is 24.3 Å². The van der Waals surface area contributed by atoms with Crippen LogP contribution in [0.1, 0.15) is 23.2 Å². The molecule has 1 aromatic heterocycles. The minimum atomic E-state index is -0.523. The summed E-state index contributed by atoms with van der Waals surface area (Å²) >= 11 is 0. The van der Waals surface area contributed by atoms with Gasteiger partial charge in [0.2, 0.25) is 0 Å². The molecule has 6 nitrogen and oxygen atoms in total. The van der Waals surface area contributed by atoms with Crippen molar-refractivity contribution in [1.82, 2.24) is 10.1 Å². The monoisotopic (exact) mass is 332 g/mol. The number of amides is 1. The summed E-state index contributed by atoms with van der Waals surface area (Å²) in [6.07, 6.45) is 2.71. The number of likely N-dealkylation sites (tertiary alicyclic amines) is 1. The number of benzene rings is 1. The molecule has 24 heavy (non-hydrogen) atoms. The van der Waals surface area contributed by atoms with E-state index in [-0.39, 0.29) is 11.7 Å². The number of halogens is 1. The SMILES string of the molecule is O=C(c1cnoc1-c1ccc(F)cc1)N1CCC2(CC1)OCCO2. The molecule has 2 aromatic rings. The molecule has 7 heteroatoms. The molecule has 0 saturated carbocycles. The standard InChI is InChI=1S/C17H17FN2O4/c18-13-3-1-12(2-4-13)15-14(11-19-24-15)16(21)20-7-5-17(6-8-20)22-9-10-23-17/h1-4,11H,5-10H2. The summed E-state index contributed by atoms with van der Waals surface area (Å²) in [7, 11) is 0. The second-order valence-electron chi connectivity index (χ2n) is 5.98. The number of rotatable bonds is 2. The lowest BCUT2D eigenvalue weighted by molar-refractivity contribution is -0.181. The van der Waals surface area contributed by atoms with Crippen LogP contribution in [0.4, 0.5) is 4.39 Å². The first-order valence-electron chi connectivity index (χ1n) is 7.95. The molecule has 1 amide bonds. The van der Waals surface area contributed by atoms with Crippen molar-refractivity contribution in [3.63, 3.8) is 0 Å². The molecule has 1 aromatic carbocycles. The van der Waals surface area contributed by atoms with E-state index in [1.54, 1.807) is 17.0 Å². The molecule has 2 aliphatic heterocycles. The molecule has 0 atom stereocenters. The molecule has 4 rings (SSSR count). The average Bonchev–Trinajstić information content (AvgIpc) is 3.26. The van der Waals surface area contributed by atoms with E-state index in [9.17, 15) is 9.18 Å². The molecule has 2 fully saturated rings. The van der Waals surface area contributed by atoms with Crippen LogP contribution in [0, 0.1) is 5.82 Å². The third-order valence-electron chi connectivity index (χ3n) is 4.53. The summed E-state index contributed by atoms with van der Waals surface area (Å²) in [6.45, 7) is 2.31. The van der Waals surface area contributed by atoms with Gasteiger partial charge in [-0.15, -0.1) is 0 Å². The Hall–Kier alpha value is -2.25. The molecule has 0 bridgehead atoms. The number of carbonyl (C=O) groups excluding carboxylic acids is 1. The van der Waals surface area contributed by atoms with Gasteiger partial charge in [-0.3, -0.25) is 4.79 Å². The Morgan fingerprint density at radius 1 is 1.12 bits per heavy atom. The van der Waals surface area contributed by atoms with Crippen molar-refractivity contribution in [3.05, 3.63) is 41.8 Å². The van der Waals surface area contributed by atoms with Crippen LogP contribution in [-0.2, 0) is 9.47 Å². The van der Waals surface area contributed by atoms with Crippen LogP contribution in [-0.4, -0.2) is 48.1 Å². The van der Waals surface area contributed by atoms with Crippen molar-refractivity contribution in [1.29, 1.82) is 0 Å². The van der Waals surface area contributed by atoms with Crippen molar-refractivity contribution in [2.75, 3.05) is 26.3 Å². The maximum absolute atomic E-state index is 13.1. The first-order valence-corrected chi connectivity index (χ1v) is 7.95. The number of hydrogen-bond acceptors (Lipinski definition) is 5. The van der Waals surface area contributed by atoms with Crippen molar-refractivity contribution >= 4 is 5.91 Å². The lowest BCUT2D eigenvalue weighted by Crippen LogP contribution is -2.47. The zero-order chi connectivity index (χ0) is 16.6. The van der Waals surface area contributed by atoms with Crippen LogP contribution in [0.2, 0.25) is 0 Å². The number of piperidine rings is 1. The zero-order valence-electron chi connectivity index (χ0n) is 13.0. The smallest absolute Gasteiger partial charge is 0.259 e. The lowest BCUT2D eigenvalue weighted by atomic mass is 10.0. The first-order chi connectivity index (χ1) is 11.7. The lowest BCUT2D eigenvalue weighted by Gasteiger charge is -2.37. The van der Waals surface area contributed by atoms with E-state index in [1.165, 1.54) is 18.3 Å². The van der Waals surface area contributed by atoms with E-state index < -0.39 is 5.79 Å². The van der Waals surface area contributed by atoms with Crippen LogP contribution in [0.3, 0.4) is 0 Å². The van der Waals surface area contributed by atoms with Crippen molar-refractivity contribution in [2.45, 2.75) is 18.6 Å². The van der Waals surface area contributed by atoms with Crippen molar-refractivity contribution in [2.24, 2.45) is 0 Å². The number of carbonyl (C=O) groups is 1. The second-order valence-corrected chi connectivity index (χ2v) is 5.98. The Labute approximate surface area is 138 Å². The number of ether oxygens (including phenoxy) is 2. The Bertz CT molecular complexity index is 727. The molecule has 0 N–H and O–H groups in total. The predicted molar refractivity (Wildman–Crippen MR) is 81.7 cm³/mol. The van der Waals surface area contributed by atoms with Crippen molar-refractivity contribution in [3.8, 4) is 11.3 Å². The number of hydrogen-bond donors (Lipinski definition) is 0. The molecule has 2 aliphatic rings. The average molecular weight is 332 g/mol. The molecule has 0 radical (unpaired) electrons. The zero-order valence-corrected chi connectivity index (χ0v) is 13.0. The molecule has 126 valence electrons. The van der Waals surface area contributed by atoms with Crippen LogP contribution >= 0.6 is 0 Å². The van der Waals surface area contributed by atoms with Gasteiger partial charge in [0.05, 0.1) is 19.4 Å². The molecule has 1 spiro atoms. The van der Waals surface area contributed by atoms with Gasteiger partial charge in [-0.2, -0.15) is 0 Å². The number of aromatic nitrogens is 1. The van der Waals surface area contributed by atoms with E-state index in [0.29, 0.717) is 56.0 Å². The summed E-state index contributed by atoms with van der Waals surface area (Å²) in [4.78, 5) is 14.5. The summed E-state index contributed by atoms with van der Waals surface area (Å²) in [5.41, 5.74) is 0.999. The van der Waals surface area contributed by atoms with Gasteiger partial charge in [-0.25, -0.2) is 4.39 Å². The molecular formula is C17H17FN2O4. The summed E-state index contributed by atoms with van der Waals surface area (Å²) < 4.78 is 29.7. The van der Waals surface area contributed by atoms with Crippen LogP contribution < -0.4 is 0 Å². The molecule has 3 heterocycles. The predicted octanol–water partition coefficient (Wildman–Crippen LogP) is 2.46. The largest absolute Gasteiger partial charge is 0.355 e. The van der Waals surface area contributed by atoms with Gasteiger partial charge in [0.25, 0.3) is 5.91 Å². The quantitative estimate of drug-likeness (QED) is 0.845. The highest BCUT2D eigenvalue weighted by Gasteiger charge is 2.41. The van der Waals surface area contributed by atoms with Crippen LogP contribution in [0.25, 0.3) is 11.3 Å². The van der Waals surface area contributed by atoms with Gasteiger partial charge >= 0.3 is 0 Å². The third-order valence-corrected chi connectivity index (χ3v) is 4.53. The Morgan fingerprint density at radius 3 is 2.46 bits per heavy atom. The fourth-order valence-electron chi connectivity index (χ4n) is 3.21.